The van der Waals surface area contributed by atoms with Crippen molar-refractivity contribution in [1.82, 2.24) is 10.3 Å². The van der Waals surface area contributed by atoms with Crippen molar-refractivity contribution in [2.24, 2.45) is 0 Å². The molecule has 2 aromatic rings. The average Bonchev–Trinajstić information content (AvgIpc) is 2.48. The second-order valence-electron chi connectivity index (χ2n) is 4.73. The predicted molar refractivity (Wildman–Crippen MR) is 77.4 cm³/mol. The van der Waals surface area contributed by atoms with Gasteiger partial charge in [-0.25, -0.2) is 0 Å². The Bertz CT molecular complexity index is 532. The quantitative estimate of drug-likeness (QED) is 0.847. The van der Waals surface area contributed by atoms with Crippen molar-refractivity contribution in [1.29, 1.82) is 0 Å². The van der Waals surface area contributed by atoms with Crippen molar-refractivity contribution in [3.8, 4) is 5.75 Å². The molecule has 0 amide bonds. The molecule has 0 aliphatic carbocycles. The summed E-state index contributed by atoms with van der Waals surface area (Å²) in [7, 11) is 0. The number of ether oxygens (including phenoxy) is 1. The van der Waals surface area contributed by atoms with Gasteiger partial charge in [-0.15, -0.1) is 0 Å². The Hall–Kier alpha value is -2.01. The van der Waals surface area contributed by atoms with Crippen LogP contribution in [0.15, 0.2) is 48.8 Å². The average molecular weight is 292 g/mol. The zero-order chi connectivity index (χ0) is 15.1. The maximum absolute atomic E-state index is 12.1. The monoisotopic (exact) mass is 292 g/mol. The highest BCUT2D eigenvalue weighted by Gasteiger charge is 2.07. The molecule has 1 N–H and O–H groups in total. The van der Waals surface area contributed by atoms with Gasteiger partial charge in [0.25, 0.3) is 0 Å². The van der Waals surface area contributed by atoms with Crippen molar-refractivity contribution in [2.45, 2.75) is 26.0 Å². The van der Waals surface area contributed by atoms with E-state index in [4.69, 9.17) is 0 Å². The lowest BCUT2D eigenvalue weighted by Crippen LogP contribution is -2.21. The topological polar surface area (TPSA) is 34.2 Å². The SMILES string of the molecule is CC(NCCc1cccnc1)c1ccc(OC(F)F)cc1. The standard InChI is InChI=1S/C16H18F2N2O/c1-12(20-10-8-13-3-2-9-19-11-13)14-4-6-15(7-5-14)21-16(17)18/h2-7,9,11-12,16,20H,8,10H2,1H3. The minimum atomic E-state index is -2.79. The third-order valence-corrected chi connectivity index (χ3v) is 3.19. The Morgan fingerprint density at radius 2 is 1.95 bits per heavy atom. The number of benzene rings is 1. The molecule has 1 aromatic heterocycles. The van der Waals surface area contributed by atoms with Crippen LogP contribution in [0.2, 0.25) is 0 Å². The van der Waals surface area contributed by atoms with Crippen molar-refractivity contribution >= 4 is 0 Å². The molecule has 0 saturated heterocycles. The first-order valence-electron chi connectivity index (χ1n) is 6.82. The molecular weight excluding hydrogens is 274 g/mol. The van der Waals surface area contributed by atoms with E-state index < -0.39 is 6.61 Å². The molecule has 0 saturated carbocycles. The summed E-state index contributed by atoms with van der Waals surface area (Å²) in [6, 6.07) is 10.8. The highest BCUT2D eigenvalue weighted by molar-refractivity contribution is 5.29. The molecule has 0 radical (unpaired) electrons. The van der Waals surface area contributed by atoms with E-state index in [2.05, 4.69) is 15.0 Å². The number of aromatic nitrogens is 1. The van der Waals surface area contributed by atoms with Crippen LogP contribution >= 0.6 is 0 Å². The van der Waals surface area contributed by atoms with Crippen molar-refractivity contribution in [2.75, 3.05) is 6.54 Å². The van der Waals surface area contributed by atoms with Gasteiger partial charge in [-0.3, -0.25) is 4.98 Å². The summed E-state index contributed by atoms with van der Waals surface area (Å²) in [6.45, 7) is 0.0693. The molecule has 1 atom stereocenters. The van der Waals surface area contributed by atoms with E-state index in [9.17, 15) is 8.78 Å². The first-order chi connectivity index (χ1) is 10.1. The number of alkyl halides is 2. The number of nitrogens with one attached hydrogen (secondary N) is 1. The summed E-state index contributed by atoms with van der Waals surface area (Å²) in [4.78, 5) is 4.07. The highest BCUT2D eigenvalue weighted by Crippen LogP contribution is 2.19. The van der Waals surface area contributed by atoms with Gasteiger partial charge in [0.1, 0.15) is 5.75 Å². The summed E-state index contributed by atoms with van der Waals surface area (Å²) >= 11 is 0. The van der Waals surface area contributed by atoms with Gasteiger partial charge >= 0.3 is 6.61 Å². The fourth-order valence-corrected chi connectivity index (χ4v) is 2.03. The smallest absolute Gasteiger partial charge is 0.387 e. The van der Waals surface area contributed by atoms with Gasteiger partial charge in [-0.1, -0.05) is 18.2 Å². The van der Waals surface area contributed by atoms with E-state index in [0.717, 1.165) is 18.5 Å². The van der Waals surface area contributed by atoms with Crippen LogP contribution in [0.1, 0.15) is 24.1 Å². The Morgan fingerprint density at radius 3 is 2.57 bits per heavy atom. The third-order valence-electron chi connectivity index (χ3n) is 3.19. The van der Waals surface area contributed by atoms with Crippen LogP contribution in [0.4, 0.5) is 8.78 Å². The zero-order valence-electron chi connectivity index (χ0n) is 11.8. The molecular formula is C16H18F2N2O. The normalized spacial score (nSPS) is 12.4. The van der Waals surface area contributed by atoms with Crippen molar-refractivity contribution in [3.63, 3.8) is 0 Å². The van der Waals surface area contributed by atoms with E-state index in [1.165, 1.54) is 5.56 Å². The highest BCUT2D eigenvalue weighted by atomic mass is 19.3. The fraction of sp³-hybridized carbons (Fsp3) is 0.312. The molecule has 21 heavy (non-hydrogen) atoms. The van der Waals surface area contributed by atoms with Crippen LogP contribution in [0, 0.1) is 0 Å². The Labute approximate surface area is 123 Å². The van der Waals surface area contributed by atoms with Gasteiger partial charge in [0.2, 0.25) is 0 Å². The lowest BCUT2D eigenvalue weighted by atomic mass is 10.1. The van der Waals surface area contributed by atoms with E-state index in [-0.39, 0.29) is 11.8 Å². The van der Waals surface area contributed by atoms with Crippen molar-refractivity contribution in [3.05, 3.63) is 59.9 Å². The molecule has 0 bridgehead atoms. The van der Waals surface area contributed by atoms with Crippen LogP contribution < -0.4 is 10.1 Å². The number of hydrogen-bond acceptors (Lipinski definition) is 3. The molecule has 1 heterocycles. The van der Waals surface area contributed by atoms with Gasteiger partial charge in [0.05, 0.1) is 0 Å². The van der Waals surface area contributed by atoms with Gasteiger partial charge in [-0.05, 0) is 49.2 Å². The van der Waals surface area contributed by atoms with Gasteiger partial charge in [-0.2, -0.15) is 8.78 Å². The number of halogens is 2. The summed E-state index contributed by atoms with van der Waals surface area (Å²) in [5.41, 5.74) is 2.21. The van der Waals surface area contributed by atoms with Crippen LogP contribution in [-0.2, 0) is 6.42 Å². The van der Waals surface area contributed by atoms with Crippen LogP contribution in [0.5, 0.6) is 5.75 Å². The molecule has 0 fully saturated rings. The molecule has 0 aliphatic heterocycles. The summed E-state index contributed by atoms with van der Waals surface area (Å²) < 4.78 is 28.5. The maximum Gasteiger partial charge on any atom is 0.387 e. The van der Waals surface area contributed by atoms with E-state index in [0.29, 0.717) is 0 Å². The lowest BCUT2D eigenvalue weighted by molar-refractivity contribution is -0.0498. The minimum Gasteiger partial charge on any atom is -0.435 e. The summed E-state index contributed by atoms with van der Waals surface area (Å²) in [5, 5.41) is 3.39. The van der Waals surface area contributed by atoms with Crippen LogP contribution in [-0.4, -0.2) is 18.1 Å². The molecule has 5 heteroatoms. The fourth-order valence-electron chi connectivity index (χ4n) is 2.03. The number of hydrogen-bond donors (Lipinski definition) is 1. The number of rotatable bonds is 7. The predicted octanol–water partition coefficient (Wildman–Crippen LogP) is 3.58. The van der Waals surface area contributed by atoms with Crippen LogP contribution in [0.3, 0.4) is 0 Å². The molecule has 112 valence electrons. The molecule has 1 unspecified atom stereocenters. The van der Waals surface area contributed by atoms with E-state index in [1.54, 1.807) is 30.5 Å². The van der Waals surface area contributed by atoms with Gasteiger partial charge in [0.15, 0.2) is 0 Å². The second kappa shape index (κ2) is 7.69. The maximum atomic E-state index is 12.1. The Morgan fingerprint density at radius 1 is 1.19 bits per heavy atom. The number of nitrogens with zero attached hydrogens (tertiary/aromatic N) is 1. The zero-order valence-corrected chi connectivity index (χ0v) is 11.8. The second-order valence-corrected chi connectivity index (χ2v) is 4.73. The third kappa shape index (κ3) is 5.11. The molecule has 3 nitrogen and oxygen atoms in total. The minimum absolute atomic E-state index is 0.141. The van der Waals surface area contributed by atoms with Gasteiger partial charge < -0.3 is 10.1 Å². The van der Waals surface area contributed by atoms with E-state index in [1.807, 2.05) is 25.3 Å². The molecule has 1 aromatic carbocycles. The molecule has 2 rings (SSSR count). The summed E-state index contributed by atoms with van der Waals surface area (Å²) in [5.74, 6) is 0.177. The summed E-state index contributed by atoms with van der Waals surface area (Å²) in [6.07, 6.45) is 4.50. The Balaban J connectivity index is 1.81. The number of pyridine rings is 1. The largest absolute Gasteiger partial charge is 0.435 e. The van der Waals surface area contributed by atoms with Crippen LogP contribution in [0.25, 0.3) is 0 Å². The lowest BCUT2D eigenvalue weighted by Gasteiger charge is -2.15. The van der Waals surface area contributed by atoms with E-state index >= 15 is 0 Å². The van der Waals surface area contributed by atoms with Crippen molar-refractivity contribution < 1.29 is 13.5 Å². The molecule has 0 aliphatic rings. The first kappa shape index (κ1) is 15.4. The van der Waals surface area contributed by atoms with Gasteiger partial charge in [0, 0.05) is 18.4 Å². The Kier molecular flexibility index (Phi) is 5.63. The molecule has 0 spiro atoms. The first-order valence-corrected chi connectivity index (χ1v) is 6.82.